The fourth-order valence-corrected chi connectivity index (χ4v) is 11.1. The van der Waals surface area contributed by atoms with Crippen molar-refractivity contribution in [1.82, 2.24) is 5.32 Å². The molecule has 0 aromatic rings. The summed E-state index contributed by atoms with van der Waals surface area (Å²) in [5.74, 6) is -0.254. The second-order valence-electron chi connectivity index (χ2n) is 24.3. The first-order valence-corrected chi connectivity index (χ1v) is 34.8. The lowest BCUT2D eigenvalue weighted by molar-refractivity contribution is -0.359. The van der Waals surface area contributed by atoms with Gasteiger partial charge in [-0.25, -0.2) is 0 Å². The van der Waals surface area contributed by atoms with Crippen LogP contribution in [0.5, 0.6) is 0 Å². The topological polar surface area (TPSA) is 228 Å². The number of hydrogen-bond acceptors (Lipinski definition) is 13. The number of carbonyl (C=O) groups is 1. The number of carbonyl (C=O) groups excluding carboxylic acids is 1. The number of hydrogen-bond donors (Lipinski definition) is 9. The minimum Gasteiger partial charge on any atom is -0.394 e. The van der Waals surface area contributed by atoms with Crippen LogP contribution in [0.3, 0.4) is 0 Å². The fraction of sp³-hybridized carbons (Fsp3) is 0.792. The van der Waals surface area contributed by atoms with Crippen LogP contribution in [0.4, 0.5) is 0 Å². The van der Waals surface area contributed by atoms with Crippen molar-refractivity contribution in [2.24, 2.45) is 0 Å². The normalized spacial score (nSPS) is 23.9. The lowest BCUT2D eigenvalue weighted by atomic mass is 9.97. The summed E-state index contributed by atoms with van der Waals surface area (Å²) in [6.45, 7) is 2.70. The van der Waals surface area contributed by atoms with Crippen LogP contribution in [-0.2, 0) is 23.7 Å². The van der Waals surface area contributed by atoms with Gasteiger partial charge in [-0.2, -0.15) is 0 Å². The summed E-state index contributed by atoms with van der Waals surface area (Å²) >= 11 is 0. The predicted molar refractivity (Wildman–Crippen MR) is 350 cm³/mol. The van der Waals surface area contributed by atoms with Crippen LogP contribution in [0.15, 0.2) is 85.1 Å². The molecule has 14 heteroatoms. The van der Waals surface area contributed by atoms with Crippen LogP contribution in [0.25, 0.3) is 0 Å². The standard InChI is InChI=1S/C72H127NO13/c1-3-5-7-9-11-13-15-17-19-21-23-25-27-29-30-32-33-35-37-39-41-43-45-47-49-51-53-55-61(76)60(59-83-71-69(82)67(80)70(63(58-75)85-71)86-72-68(81)66(79)65(78)62(57-74)84-72)73-64(77)56-54-52-50-48-46-44-42-40-38-36-34-31-28-26-24-22-20-18-16-14-12-10-8-6-4-2/h6,8,12,14,18,20,24,26,31,34,38,40,53,55,60-63,65-72,74-76,78-82H,3-5,7,9-11,13,15-17,19,21-23,25,27-30,32-33,35-37,39,41-52,54,56-59H2,1-2H3,(H,73,77)/b8-6-,14-12-,20-18-,26-24-,34-31-,40-38-,55-53+. The van der Waals surface area contributed by atoms with Crippen LogP contribution in [0, 0.1) is 0 Å². The van der Waals surface area contributed by atoms with Crippen LogP contribution >= 0.6 is 0 Å². The van der Waals surface area contributed by atoms with Crippen molar-refractivity contribution in [3.8, 4) is 0 Å². The van der Waals surface area contributed by atoms with E-state index in [1.54, 1.807) is 6.08 Å². The van der Waals surface area contributed by atoms with Crippen molar-refractivity contribution < 1.29 is 64.6 Å². The van der Waals surface area contributed by atoms with E-state index in [1.807, 2.05) is 6.08 Å². The van der Waals surface area contributed by atoms with E-state index in [4.69, 9.17) is 18.9 Å². The molecule has 2 aliphatic rings. The zero-order valence-electron chi connectivity index (χ0n) is 54.0. The molecule has 2 saturated heterocycles. The molecule has 12 unspecified atom stereocenters. The van der Waals surface area contributed by atoms with E-state index in [0.717, 1.165) is 96.3 Å². The average Bonchev–Trinajstić information content (AvgIpc) is 2.54. The largest absolute Gasteiger partial charge is 0.394 e. The van der Waals surface area contributed by atoms with Crippen LogP contribution in [0.1, 0.15) is 271 Å². The maximum atomic E-state index is 13.3. The van der Waals surface area contributed by atoms with Crippen molar-refractivity contribution in [3.05, 3.63) is 85.1 Å². The molecule has 14 nitrogen and oxygen atoms in total. The number of ether oxygens (including phenoxy) is 4. The zero-order valence-corrected chi connectivity index (χ0v) is 54.0. The quantitative estimate of drug-likeness (QED) is 0.0204. The lowest BCUT2D eigenvalue weighted by Gasteiger charge is -2.46. The van der Waals surface area contributed by atoms with Gasteiger partial charge < -0.3 is 65.1 Å². The Morgan fingerprint density at radius 2 is 0.802 bits per heavy atom. The molecule has 0 bridgehead atoms. The minimum atomic E-state index is -1.79. The molecule has 1 amide bonds. The van der Waals surface area contributed by atoms with Crippen molar-refractivity contribution >= 4 is 5.91 Å². The molecule has 2 fully saturated rings. The number of unbranched alkanes of at least 4 members (excludes halogenated alkanes) is 31. The highest BCUT2D eigenvalue weighted by Gasteiger charge is 2.51. The lowest BCUT2D eigenvalue weighted by Crippen LogP contribution is -2.65. The summed E-state index contributed by atoms with van der Waals surface area (Å²) in [5.41, 5.74) is 0. The first kappa shape index (κ1) is 79.3. The first-order chi connectivity index (χ1) is 42.1. The minimum absolute atomic E-state index is 0.254. The fourth-order valence-electron chi connectivity index (χ4n) is 11.1. The maximum Gasteiger partial charge on any atom is 0.220 e. The molecule has 0 aromatic heterocycles. The van der Waals surface area contributed by atoms with Gasteiger partial charge in [-0.15, -0.1) is 0 Å². The van der Waals surface area contributed by atoms with E-state index in [0.29, 0.717) is 6.42 Å². The molecule has 0 radical (unpaired) electrons. The smallest absolute Gasteiger partial charge is 0.220 e. The monoisotopic (exact) mass is 1210 g/mol. The van der Waals surface area contributed by atoms with Crippen LogP contribution < -0.4 is 5.32 Å². The Morgan fingerprint density at radius 3 is 1.23 bits per heavy atom. The predicted octanol–water partition coefficient (Wildman–Crippen LogP) is 14.0. The molecule has 0 aromatic carbocycles. The van der Waals surface area contributed by atoms with E-state index in [-0.39, 0.29) is 18.9 Å². The van der Waals surface area contributed by atoms with Crippen molar-refractivity contribution in [3.63, 3.8) is 0 Å². The third-order valence-corrected chi connectivity index (χ3v) is 16.6. The summed E-state index contributed by atoms with van der Waals surface area (Å²) in [5, 5.41) is 87.4. The third kappa shape index (κ3) is 40.0. The second-order valence-corrected chi connectivity index (χ2v) is 24.3. The van der Waals surface area contributed by atoms with Gasteiger partial charge in [0.25, 0.3) is 0 Å². The summed E-state index contributed by atoms with van der Waals surface area (Å²) < 4.78 is 22.8. The molecule has 498 valence electrons. The number of rotatable bonds is 56. The highest BCUT2D eigenvalue weighted by molar-refractivity contribution is 5.76. The number of aliphatic hydroxyl groups excluding tert-OH is 8. The van der Waals surface area contributed by atoms with Gasteiger partial charge in [0.15, 0.2) is 12.6 Å². The van der Waals surface area contributed by atoms with Crippen LogP contribution in [0.2, 0.25) is 0 Å². The van der Waals surface area contributed by atoms with Crippen LogP contribution in [-0.4, -0.2) is 140 Å². The Hall–Kier alpha value is -2.83. The molecule has 0 saturated carbocycles. The molecule has 12 atom stereocenters. The van der Waals surface area contributed by atoms with E-state index >= 15 is 0 Å². The van der Waals surface area contributed by atoms with Gasteiger partial charge in [-0.05, 0) is 70.6 Å². The van der Waals surface area contributed by atoms with Gasteiger partial charge >= 0.3 is 0 Å². The van der Waals surface area contributed by atoms with E-state index in [2.05, 4.69) is 92.1 Å². The Morgan fingerprint density at radius 1 is 0.430 bits per heavy atom. The SMILES string of the molecule is CC/C=C\C/C=C\C/C=C\C/C=C\C/C=C\C/C=C\CCCCCCCCC(=O)NC(COC1OC(CO)C(OC2OC(CO)C(O)C(O)C2O)C(O)C1O)C(O)/C=C/CCCCCCCCCCCCCCCCCCCCCCCCCCC. The third-order valence-electron chi connectivity index (χ3n) is 16.6. The highest BCUT2D eigenvalue weighted by Crippen LogP contribution is 2.30. The Balaban J connectivity index is 1.71. The first-order valence-electron chi connectivity index (χ1n) is 34.8. The van der Waals surface area contributed by atoms with Gasteiger partial charge in [0.05, 0.1) is 32.0 Å². The van der Waals surface area contributed by atoms with Crippen molar-refractivity contribution in [2.75, 3.05) is 19.8 Å². The molecule has 9 N–H and O–H groups in total. The number of aliphatic hydroxyl groups is 8. The molecule has 2 heterocycles. The van der Waals surface area contributed by atoms with Gasteiger partial charge in [0.2, 0.25) is 5.91 Å². The van der Waals surface area contributed by atoms with Crippen molar-refractivity contribution in [2.45, 2.75) is 344 Å². The summed E-state index contributed by atoms with van der Waals surface area (Å²) in [6, 6.07) is -0.930. The van der Waals surface area contributed by atoms with Gasteiger partial charge in [0.1, 0.15) is 48.8 Å². The maximum absolute atomic E-state index is 13.3. The Labute approximate surface area is 522 Å². The molecular formula is C72H127NO13. The summed E-state index contributed by atoms with van der Waals surface area (Å²) in [6.07, 6.45) is 60.5. The number of nitrogens with one attached hydrogen (secondary N) is 1. The molecule has 0 aliphatic carbocycles. The average molecular weight is 1210 g/mol. The Kier molecular flexibility index (Phi) is 51.8. The number of allylic oxidation sites excluding steroid dienone is 13. The van der Waals surface area contributed by atoms with E-state index < -0.39 is 86.8 Å². The summed E-state index contributed by atoms with van der Waals surface area (Å²) in [7, 11) is 0. The van der Waals surface area contributed by atoms with Crippen molar-refractivity contribution in [1.29, 1.82) is 0 Å². The van der Waals surface area contributed by atoms with Gasteiger partial charge in [-0.3, -0.25) is 4.79 Å². The molecule has 0 spiro atoms. The zero-order chi connectivity index (χ0) is 62.3. The number of amides is 1. The molecular weight excluding hydrogens is 1090 g/mol. The molecule has 86 heavy (non-hydrogen) atoms. The second kappa shape index (κ2) is 56.2. The van der Waals surface area contributed by atoms with E-state index in [9.17, 15) is 45.6 Å². The molecule has 2 aliphatic heterocycles. The van der Waals surface area contributed by atoms with Gasteiger partial charge in [0, 0.05) is 6.42 Å². The molecule has 2 rings (SSSR count). The summed E-state index contributed by atoms with van der Waals surface area (Å²) in [4.78, 5) is 13.3. The van der Waals surface area contributed by atoms with E-state index in [1.165, 1.54) is 148 Å². The van der Waals surface area contributed by atoms with Gasteiger partial charge in [-0.1, -0.05) is 279 Å². The highest BCUT2D eigenvalue weighted by atomic mass is 16.7. The Bertz CT molecular complexity index is 1770.